The van der Waals surface area contributed by atoms with Gasteiger partial charge in [0, 0.05) is 25.7 Å². The summed E-state index contributed by atoms with van der Waals surface area (Å²) in [4.78, 5) is 72.5. The van der Waals surface area contributed by atoms with Crippen LogP contribution in [0.2, 0.25) is 0 Å². The molecule has 0 radical (unpaired) electrons. The van der Waals surface area contributed by atoms with E-state index in [0.717, 1.165) is 120 Å². The topological polar surface area (TPSA) is 237 Å². The van der Waals surface area contributed by atoms with Gasteiger partial charge in [-0.05, 0) is 49.4 Å². The van der Waals surface area contributed by atoms with Crippen molar-refractivity contribution in [3.8, 4) is 0 Å². The molecule has 0 fully saturated rings. The van der Waals surface area contributed by atoms with Crippen LogP contribution >= 0.6 is 15.6 Å². The van der Waals surface area contributed by atoms with Crippen molar-refractivity contribution < 1.29 is 80.2 Å². The molecule has 0 spiro atoms. The van der Waals surface area contributed by atoms with Crippen molar-refractivity contribution in [2.24, 2.45) is 23.7 Å². The minimum absolute atomic E-state index is 0.103. The third-order valence-electron chi connectivity index (χ3n) is 17.0. The van der Waals surface area contributed by atoms with E-state index < -0.39 is 97.5 Å². The van der Waals surface area contributed by atoms with Crippen LogP contribution in [-0.4, -0.2) is 96.7 Å². The fraction of sp³-hybridized carbons (Fsp3) is 0.944. The molecule has 19 heteroatoms. The van der Waals surface area contributed by atoms with Crippen LogP contribution in [0.5, 0.6) is 0 Å². The highest BCUT2D eigenvalue weighted by molar-refractivity contribution is 7.47. The highest BCUT2D eigenvalue weighted by atomic mass is 31.2. The Hall–Kier alpha value is -1.94. The smallest absolute Gasteiger partial charge is 0.462 e. The summed E-state index contributed by atoms with van der Waals surface area (Å²) in [5.41, 5.74) is 0. The SMILES string of the molecule is CCC(C)CCCCCCCCC(=O)OC[C@H](COP(=O)(O)OC[C@H](O)COP(=O)(O)OC[C@@H](COC(=O)CCCCCCCCCCCCCCCCC(C)C)OC(=O)CCCCCCCCC(C)CC)OC(=O)CCCCCCCCCCCCC(C)C. The second kappa shape index (κ2) is 60.7. The maximum Gasteiger partial charge on any atom is 0.472 e. The van der Waals surface area contributed by atoms with Crippen molar-refractivity contribution in [1.29, 1.82) is 0 Å². The Morgan fingerprint density at radius 3 is 0.789 bits per heavy atom. The van der Waals surface area contributed by atoms with E-state index in [2.05, 4.69) is 55.4 Å². The van der Waals surface area contributed by atoms with Gasteiger partial charge >= 0.3 is 39.5 Å². The van der Waals surface area contributed by atoms with E-state index >= 15 is 0 Å². The Balaban J connectivity index is 5.22. The highest BCUT2D eigenvalue weighted by Crippen LogP contribution is 2.45. The number of aliphatic hydroxyl groups is 1. The van der Waals surface area contributed by atoms with Crippen LogP contribution in [0.3, 0.4) is 0 Å². The monoisotopic (exact) mass is 1320 g/mol. The Morgan fingerprint density at radius 2 is 0.533 bits per heavy atom. The average Bonchev–Trinajstić information content (AvgIpc) is 3.69. The molecule has 4 unspecified atom stereocenters. The zero-order valence-corrected chi connectivity index (χ0v) is 60.6. The number of phosphoric ester groups is 2. The molecule has 0 aromatic heterocycles. The van der Waals surface area contributed by atoms with E-state index in [0.29, 0.717) is 25.7 Å². The van der Waals surface area contributed by atoms with Gasteiger partial charge in [-0.3, -0.25) is 37.3 Å². The molecule has 0 aliphatic carbocycles. The molecule has 0 aliphatic heterocycles. The summed E-state index contributed by atoms with van der Waals surface area (Å²) in [6, 6.07) is 0. The third-order valence-corrected chi connectivity index (χ3v) is 18.9. The number of esters is 4. The van der Waals surface area contributed by atoms with E-state index in [1.165, 1.54) is 148 Å². The largest absolute Gasteiger partial charge is 0.472 e. The lowest BCUT2D eigenvalue weighted by Crippen LogP contribution is -2.30. The lowest BCUT2D eigenvalue weighted by Gasteiger charge is -2.21. The van der Waals surface area contributed by atoms with Crippen LogP contribution in [0.1, 0.15) is 351 Å². The maximum absolute atomic E-state index is 13.0. The van der Waals surface area contributed by atoms with E-state index in [4.69, 9.17) is 37.0 Å². The van der Waals surface area contributed by atoms with Crippen molar-refractivity contribution in [2.75, 3.05) is 39.6 Å². The summed E-state index contributed by atoms with van der Waals surface area (Å²) < 4.78 is 68.3. The Labute approximate surface area is 549 Å². The van der Waals surface area contributed by atoms with Crippen LogP contribution in [0.25, 0.3) is 0 Å². The molecule has 90 heavy (non-hydrogen) atoms. The lowest BCUT2D eigenvalue weighted by atomic mass is 10.00. The summed E-state index contributed by atoms with van der Waals surface area (Å²) in [5.74, 6) is 0.871. The van der Waals surface area contributed by atoms with Gasteiger partial charge in [-0.1, -0.05) is 299 Å². The van der Waals surface area contributed by atoms with Gasteiger partial charge in [0.25, 0.3) is 0 Å². The fourth-order valence-corrected chi connectivity index (χ4v) is 12.2. The molecule has 0 amide bonds. The normalized spacial score (nSPS) is 14.9. The number of ether oxygens (including phenoxy) is 4. The molecule has 0 saturated heterocycles. The van der Waals surface area contributed by atoms with Crippen molar-refractivity contribution in [2.45, 2.75) is 369 Å². The number of unbranched alkanes of at least 4 members (excludes halogenated alkanes) is 32. The van der Waals surface area contributed by atoms with Crippen molar-refractivity contribution in [3.05, 3.63) is 0 Å². The molecule has 534 valence electrons. The van der Waals surface area contributed by atoms with Crippen LogP contribution in [0.4, 0.5) is 0 Å². The first-order valence-electron chi connectivity index (χ1n) is 36.8. The minimum atomic E-state index is -4.95. The standard InChI is InChI=1S/C71H138O17P2/c1-9-63(7)49-41-33-27-29-36-44-52-69(74)82-58-66(87-70(75)53-45-37-26-22-18-17-20-24-32-40-48-62(5)6)59-85-89(77,78)83-55-65(72)56-84-90(79,80)86-60-67(88-71(76)54-46-38-30-28-34-42-50-64(8)10-2)57-81-68(73)51-43-35-25-21-16-14-12-11-13-15-19-23-31-39-47-61(3)4/h61-67,72H,9-60H2,1-8H3,(H,77,78)(H,79,80)/t63?,64?,65-,66+,67+/m0/s1. The Morgan fingerprint density at radius 1 is 0.311 bits per heavy atom. The van der Waals surface area contributed by atoms with Gasteiger partial charge in [0.2, 0.25) is 0 Å². The molecular weight excluding hydrogens is 1190 g/mol. The first kappa shape index (κ1) is 88.1. The summed E-state index contributed by atoms with van der Waals surface area (Å²) in [7, 11) is -9.90. The molecule has 17 nitrogen and oxygen atoms in total. The molecule has 0 bridgehead atoms. The lowest BCUT2D eigenvalue weighted by molar-refractivity contribution is -0.161. The van der Waals surface area contributed by atoms with E-state index in [-0.39, 0.29) is 25.7 Å². The quantitative estimate of drug-likeness (QED) is 0.0222. The van der Waals surface area contributed by atoms with Crippen LogP contribution in [0.15, 0.2) is 0 Å². The van der Waals surface area contributed by atoms with Gasteiger partial charge in [0.05, 0.1) is 26.4 Å². The average molecular weight is 1330 g/mol. The number of phosphoric acid groups is 2. The van der Waals surface area contributed by atoms with E-state index in [1.807, 2.05) is 0 Å². The molecule has 0 aromatic carbocycles. The molecule has 3 N–H and O–H groups in total. The van der Waals surface area contributed by atoms with Crippen LogP contribution < -0.4 is 0 Å². The van der Waals surface area contributed by atoms with Gasteiger partial charge in [0.15, 0.2) is 12.2 Å². The minimum Gasteiger partial charge on any atom is -0.462 e. The molecule has 0 aromatic rings. The molecule has 0 saturated carbocycles. The number of carbonyl (C=O) groups is 4. The number of hydrogen-bond acceptors (Lipinski definition) is 15. The predicted molar refractivity (Wildman–Crippen MR) is 363 cm³/mol. The first-order chi connectivity index (χ1) is 43.2. The molecule has 0 aliphatic rings. The zero-order chi connectivity index (χ0) is 66.8. The fourth-order valence-electron chi connectivity index (χ4n) is 10.6. The highest BCUT2D eigenvalue weighted by Gasteiger charge is 2.30. The van der Waals surface area contributed by atoms with Gasteiger partial charge < -0.3 is 33.8 Å². The van der Waals surface area contributed by atoms with Gasteiger partial charge in [-0.25, -0.2) is 9.13 Å². The predicted octanol–water partition coefficient (Wildman–Crippen LogP) is 20.1. The maximum atomic E-state index is 13.0. The van der Waals surface area contributed by atoms with Crippen LogP contribution in [0, 0.1) is 23.7 Å². The Bertz CT molecular complexity index is 1790. The van der Waals surface area contributed by atoms with Gasteiger partial charge in [-0.2, -0.15) is 0 Å². The van der Waals surface area contributed by atoms with Gasteiger partial charge in [-0.15, -0.1) is 0 Å². The van der Waals surface area contributed by atoms with Crippen molar-refractivity contribution >= 4 is 39.5 Å². The van der Waals surface area contributed by atoms with Gasteiger partial charge in [0.1, 0.15) is 19.3 Å². The van der Waals surface area contributed by atoms with E-state index in [1.54, 1.807) is 0 Å². The number of carbonyl (C=O) groups excluding carboxylic acids is 4. The van der Waals surface area contributed by atoms with Crippen molar-refractivity contribution in [1.82, 2.24) is 0 Å². The number of hydrogen-bond donors (Lipinski definition) is 3. The van der Waals surface area contributed by atoms with Crippen molar-refractivity contribution in [3.63, 3.8) is 0 Å². The van der Waals surface area contributed by atoms with E-state index in [9.17, 15) is 43.2 Å². The summed E-state index contributed by atoms with van der Waals surface area (Å²) >= 11 is 0. The second-order valence-corrected chi connectivity index (χ2v) is 30.0. The molecule has 0 rings (SSSR count). The molecule has 7 atom stereocenters. The number of rotatable bonds is 68. The molecule has 0 heterocycles. The number of aliphatic hydroxyl groups excluding tert-OH is 1. The molecular formula is C71H138O17P2. The summed E-state index contributed by atoms with van der Waals surface area (Å²) in [6.45, 7) is 14.1. The zero-order valence-electron chi connectivity index (χ0n) is 58.8. The van der Waals surface area contributed by atoms with Crippen LogP contribution in [-0.2, 0) is 65.4 Å². The first-order valence-corrected chi connectivity index (χ1v) is 39.8. The Kier molecular flexibility index (Phi) is 59.4. The third kappa shape index (κ3) is 62.2. The summed E-state index contributed by atoms with van der Waals surface area (Å²) in [6.07, 6.45) is 43.1. The summed E-state index contributed by atoms with van der Waals surface area (Å²) in [5, 5.41) is 10.6. The second-order valence-electron chi connectivity index (χ2n) is 27.1.